The fraction of sp³-hybridized carbons (Fsp3) is 0.185. The summed E-state index contributed by atoms with van der Waals surface area (Å²) in [5.41, 5.74) is 5.43. The van der Waals surface area contributed by atoms with Crippen LogP contribution in [0.25, 0.3) is 11.1 Å². The van der Waals surface area contributed by atoms with Crippen LogP contribution in [0.1, 0.15) is 29.3 Å². The number of nitrogens with two attached hydrogens (primary N) is 1. The van der Waals surface area contributed by atoms with Gasteiger partial charge in [0.25, 0.3) is 0 Å². The van der Waals surface area contributed by atoms with E-state index in [1.807, 2.05) is 6.07 Å². The lowest BCUT2D eigenvalue weighted by atomic mass is 10.0. The Morgan fingerprint density at radius 2 is 1.63 bits per heavy atom. The van der Waals surface area contributed by atoms with Gasteiger partial charge in [0.15, 0.2) is 0 Å². The molecule has 0 saturated carbocycles. The fourth-order valence-electron chi connectivity index (χ4n) is 2.91. The summed E-state index contributed by atoms with van der Waals surface area (Å²) in [7, 11) is 1.24. The van der Waals surface area contributed by atoms with Crippen molar-refractivity contribution in [2.24, 2.45) is 5.73 Å². The minimum absolute atomic E-state index is 0.00498. The molecule has 11 heteroatoms. The number of methoxy groups -OCH3 is 1. The molecule has 38 heavy (non-hydrogen) atoms. The first kappa shape index (κ1) is 30.0. The van der Waals surface area contributed by atoms with Crippen LogP contribution in [0.2, 0.25) is 0 Å². The van der Waals surface area contributed by atoms with Gasteiger partial charge in [-0.3, -0.25) is 9.59 Å². The highest BCUT2D eigenvalue weighted by atomic mass is 32.2. The standard InChI is InChI=1S/C25H20F2O6S.C2H5NO/c1-31-23(28)11-12-34-25(30)33-22-10-7-17(19-9-8-18(26)14-21(19)27)13-20(22)24(29)32-15-16-5-3-2-4-6-16;1-2(3)4/h2-10,13-14H,11-12,15H2,1H3;1H3,(H2,3,4). The smallest absolute Gasteiger partial charge is 0.372 e. The van der Waals surface area contributed by atoms with Gasteiger partial charge in [-0.25, -0.2) is 18.4 Å². The van der Waals surface area contributed by atoms with Crippen LogP contribution in [0.4, 0.5) is 13.6 Å². The molecule has 0 bridgehead atoms. The molecule has 0 spiro atoms. The van der Waals surface area contributed by atoms with Crippen molar-refractivity contribution in [3.63, 3.8) is 0 Å². The number of carbonyl (C=O) groups excluding carboxylic acids is 4. The minimum Gasteiger partial charge on any atom is -0.469 e. The van der Waals surface area contributed by atoms with Crippen LogP contribution in [0.5, 0.6) is 5.75 Å². The molecule has 3 aromatic rings. The van der Waals surface area contributed by atoms with Gasteiger partial charge in [-0.2, -0.15) is 0 Å². The third kappa shape index (κ3) is 10.0. The van der Waals surface area contributed by atoms with Crippen LogP contribution in [0, 0.1) is 11.6 Å². The number of halogens is 2. The van der Waals surface area contributed by atoms with Crippen LogP contribution in [-0.2, 0) is 25.7 Å². The third-order valence-corrected chi connectivity index (χ3v) is 5.33. The Bertz CT molecular complexity index is 1280. The lowest BCUT2D eigenvalue weighted by molar-refractivity contribution is -0.140. The number of hydrogen-bond donors (Lipinski definition) is 1. The van der Waals surface area contributed by atoms with Crippen LogP contribution in [0.3, 0.4) is 0 Å². The zero-order chi connectivity index (χ0) is 28.1. The van der Waals surface area contributed by atoms with Crippen LogP contribution in [0.15, 0.2) is 66.7 Å². The fourth-order valence-corrected chi connectivity index (χ4v) is 3.49. The molecule has 1 amide bonds. The average Bonchev–Trinajstić information content (AvgIpc) is 2.88. The topological polar surface area (TPSA) is 122 Å². The third-order valence-electron chi connectivity index (χ3n) is 4.60. The van der Waals surface area contributed by atoms with Crippen molar-refractivity contribution in [1.82, 2.24) is 0 Å². The molecular weight excluding hydrogens is 520 g/mol. The first-order valence-electron chi connectivity index (χ1n) is 11.1. The summed E-state index contributed by atoms with van der Waals surface area (Å²) in [4.78, 5) is 45.5. The number of benzene rings is 3. The monoisotopic (exact) mass is 545 g/mol. The molecular formula is C27H25F2NO7S. The molecule has 0 saturated heterocycles. The Morgan fingerprint density at radius 3 is 2.26 bits per heavy atom. The van der Waals surface area contributed by atoms with Gasteiger partial charge >= 0.3 is 17.2 Å². The van der Waals surface area contributed by atoms with E-state index in [1.165, 1.54) is 38.3 Å². The van der Waals surface area contributed by atoms with Gasteiger partial charge in [-0.05, 0) is 47.2 Å². The van der Waals surface area contributed by atoms with E-state index < -0.39 is 28.9 Å². The number of ether oxygens (including phenoxy) is 3. The molecule has 0 aliphatic heterocycles. The molecule has 0 unspecified atom stereocenters. The second-order valence-electron chi connectivity index (χ2n) is 7.53. The van der Waals surface area contributed by atoms with Crippen molar-refractivity contribution in [3.8, 4) is 16.9 Å². The van der Waals surface area contributed by atoms with E-state index in [4.69, 9.17) is 9.47 Å². The van der Waals surface area contributed by atoms with Gasteiger partial charge in [-0.15, -0.1) is 0 Å². The molecule has 200 valence electrons. The SMILES string of the molecule is CC(N)=O.COC(=O)CCSC(=O)Oc1ccc(-c2ccc(F)cc2F)cc1C(=O)OCc1ccccc1. The van der Waals surface area contributed by atoms with E-state index in [-0.39, 0.29) is 47.1 Å². The summed E-state index contributed by atoms with van der Waals surface area (Å²) in [5, 5.41) is -0.748. The van der Waals surface area contributed by atoms with Crippen molar-refractivity contribution in [3.05, 3.63) is 89.5 Å². The molecule has 0 aliphatic rings. The van der Waals surface area contributed by atoms with Gasteiger partial charge in [0, 0.05) is 24.3 Å². The van der Waals surface area contributed by atoms with Crippen molar-refractivity contribution in [2.45, 2.75) is 20.0 Å². The molecule has 0 heterocycles. The molecule has 0 fully saturated rings. The van der Waals surface area contributed by atoms with E-state index in [9.17, 15) is 28.0 Å². The van der Waals surface area contributed by atoms with Gasteiger partial charge in [-0.1, -0.05) is 36.4 Å². The van der Waals surface area contributed by atoms with E-state index in [0.29, 0.717) is 0 Å². The average molecular weight is 546 g/mol. The molecule has 2 N–H and O–H groups in total. The molecule has 3 aromatic carbocycles. The summed E-state index contributed by atoms with van der Waals surface area (Å²) in [6.07, 6.45) is 0.00498. The van der Waals surface area contributed by atoms with Crippen molar-refractivity contribution in [2.75, 3.05) is 12.9 Å². The normalized spacial score (nSPS) is 10.0. The van der Waals surface area contributed by atoms with E-state index >= 15 is 0 Å². The summed E-state index contributed by atoms with van der Waals surface area (Å²) in [6.45, 7) is 1.27. The van der Waals surface area contributed by atoms with Crippen LogP contribution >= 0.6 is 11.8 Å². The predicted octanol–water partition coefficient (Wildman–Crippen LogP) is 5.28. The molecule has 8 nitrogen and oxygen atoms in total. The van der Waals surface area contributed by atoms with Crippen molar-refractivity contribution in [1.29, 1.82) is 0 Å². The van der Waals surface area contributed by atoms with Gasteiger partial charge in [0.2, 0.25) is 5.91 Å². The second-order valence-corrected chi connectivity index (χ2v) is 8.56. The first-order valence-corrected chi connectivity index (χ1v) is 12.1. The summed E-state index contributed by atoms with van der Waals surface area (Å²) in [6, 6.07) is 16.1. The number of thioether (sulfide) groups is 1. The molecule has 3 rings (SSSR count). The molecule has 0 aliphatic carbocycles. The van der Waals surface area contributed by atoms with Gasteiger partial charge < -0.3 is 19.9 Å². The molecule has 0 atom stereocenters. The highest BCUT2D eigenvalue weighted by molar-refractivity contribution is 8.13. The summed E-state index contributed by atoms with van der Waals surface area (Å²) in [5.74, 6) is -3.13. The maximum absolute atomic E-state index is 14.3. The Balaban J connectivity index is 0.00000118. The molecule has 0 aromatic heterocycles. The number of esters is 2. The highest BCUT2D eigenvalue weighted by Crippen LogP contribution is 2.30. The number of hydrogen-bond acceptors (Lipinski definition) is 8. The second kappa shape index (κ2) is 15.1. The highest BCUT2D eigenvalue weighted by Gasteiger charge is 2.20. The number of primary amides is 1. The maximum Gasteiger partial charge on any atom is 0.372 e. The van der Waals surface area contributed by atoms with E-state index in [2.05, 4.69) is 10.5 Å². The quantitative estimate of drug-likeness (QED) is 0.380. The van der Waals surface area contributed by atoms with Crippen LogP contribution < -0.4 is 10.5 Å². The summed E-state index contributed by atoms with van der Waals surface area (Å²) >= 11 is 0.734. The maximum atomic E-state index is 14.3. The minimum atomic E-state index is -0.813. The van der Waals surface area contributed by atoms with E-state index in [1.54, 1.807) is 24.3 Å². The van der Waals surface area contributed by atoms with E-state index in [0.717, 1.165) is 29.5 Å². The Kier molecular flexibility index (Phi) is 11.9. The predicted molar refractivity (Wildman–Crippen MR) is 137 cm³/mol. The zero-order valence-corrected chi connectivity index (χ0v) is 21.4. The largest absolute Gasteiger partial charge is 0.469 e. The molecule has 0 radical (unpaired) electrons. The van der Waals surface area contributed by atoms with Gasteiger partial charge in [0.05, 0.1) is 13.5 Å². The van der Waals surface area contributed by atoms with Crippen molar-refractivity contribution < 1.29 is 42.2 Å². The van der Waals surface area contributed by atoms with Crippen molar-refractivity contribution >= 4 is 34.9 Å². The Hall–Kier alpha value is -4.25. The Morgan fingerprint density at radius 1 is 0.947 bits per heavy atom. The first-order chi connectivity index (χ1) is 18.1. The Labute approximate surface area is 222 Å². The number of amides is 1. The van der Waals surface area contributed by atoms with Crippen LogP contribution in [-0.4, -0.2) is 36.0 Å². The zero-order valence-electron chi connectivity index (χ0n) is 20.6. The van der Waals surface area contributed by atoms with Gasteiger partial charge in [0.1, 0.15) is 29.6 Å². The number of rotatable bonds is 8. The lowest BCUT2D eigenvalue weighted by Crippen LogP contribution is -2.11. The summed E-state index contributed by atoms with van der Waals surface area (Å²) < 4.78 is 42.8. The number of carbonyl (C=O) groups is 4. The lowest BCUT2D eigenvalue weighted by Gasteiger charge is -2.12.